The van der Waals surface area contributed by atoms with Crippen LogP contribution in [0.2, 0.25) is 0 Å². The van der Waals surface area contributed by atoms with E-state index in [1.54, 1.807) is 0 Å². The molecule has 3 N–H and O–H groups in total. The summed E-state index contributed by atoms with van der Waals surface area (Å²) in [4.78, 5) is 24.6. The molecule has 7 heteroatoms. The topological polar surface area (TPSA) is 99.1 Å². The second kappa shape index (κ2) is 7.49. The number of carbonyl (C=O) groups is 2. The van der Waals surface area contributed by atoms with Gasteiger partial charge in [-0.2, -0.15) is 0 Å². The molecule has 0 aliphatic rings. The third-order valence-corrected chi connectivity index (χ3v) is 2.91. The van der Waals surface area contributed by atoms with Crippen LogP contribution in [0.4, 0.5) is 10.5 Å². The Bertz CT molecular complexity index is 516. The normalized spacial score (nSPS) is 10.3. The number of hydrogen-bond acceptors (Lipinski definition) is 4. The van der Waals surface area contributed by atoms with Crippen molar-refractivity contribution in [3.63, 3.8) is 0 Å². The predicted octanol–water partition coefficient (Wildman–Crippen LogP) is 1.63. The minimum Gasteiger partial charge on any atom is -0.496 e. The number of carbonyl (C=O) groups excluding carboxylic acids is 1. The number of hydrogen-bond donors (Lipinski definition) is 3. The van der Waals surface area contributed by atoms with E-state index in [9.17, 15) is 9.59 Å². The fourth-order valence-electron chi connectivity index (χ4n) is 1.84. The van der Waals surface area contributed by atoms with Crippen LogP contribution in [0, 0.1) is 0 Å². The maximum Gasteiger partial charge on any atom is 0.339 e. The third kappa shape index (κ3) is 4.35. The Morgan fingerprint density at radius 1 is 1.38 bits per heavy atom. The van der Waals surface area contributed by atoms with E-state index in [1.807, 2.05) is 13.8 Å². The van der Waals surface area contributed by atoms with Crippen molar-refractivity contribution in [3.05, 3.63) is 23.8 Å². The molecule has 0 spiro atoms. The molecule has 7 nitrogen and oxygen atoms in total. The molecule has 116 valence electrons. The number of methoxy groups -OCH3 is 1. The zero-order valence-electron chi connectivity index (χ0n) is 12.3. The standard InChI is InChI=1S/C14H20N2O5/c1-9(2)16(6-7-17)14(20)15-10-4-5-11(13(18)19)12(8-10)21-3/h4-5,8-9,17H,6-7H2,1-3H3,(H,15,20)(H,18,19). The van der Waals surface area contributed by atoms with Crippen molar-refractivity contribution in [2.75, 3.05) is 25.6 Å². The van der Waals surface area contributed by atoms with Gasteiger partial charge in [0.2, 0.25) is 0 Å². The molecule has 0 aliphatic carbocycles. The Morgan fingerprint density at radius 2 is 2.05 bits per heavy atom. The molecule has 0 unspecified atom stereocenters. The number of urea groups is 1. The highest BCUT2D eigenvalue weighted by atomic mass is 16.5. The van der Waals surface area contributed by atoms with Gasteiger partial charge in [0, 0.05) is 24.3 Å². The first kappa shape index (κ1) is 16.8. The molecule has 0 aliphatic heterocycles. The van der Waals surface area contributed by atoms with E-state index in [-0.39, 0.29) is 36.5 Å². The number of ether oxygens (including phenoxy) is 1. The number of carboxylic acids is 1. The minimum absolute atomic E-state index is 0.0200. The number of anilines is 1. The zero-order chi connectivity index (χ0) is 16.0. The Hall–Kier alpha value is -2.28. The molecular weight excluding hydrogens is 276 g/mol. The van der Waals surface area contributed by atoms with Gasteiger partial charge in [0.25, 0.3) is 0 Å². The molecule has 1 aromatic carbocycles. The maximum absolute atomic E-state index is 12.1. The number of aromatic carboxylic acids is 1. The van der Waals surface area contributed by atoms with Crippen molar-refractivity contribution in [1.82, 2.24) is 4.90 Å². The molecule has 0 atom stereocenters. The number of amides is 2. The minimum atomic E-state index is -1.10. The number of nitrogens with zero attached hydrogens (tertiary/aromatic N) is 1. The fraction of sp³-hybridized carbons (Fsp3) is 0.429. The summed E-state index contributed by atoms with van der Waals surface area (Å²) in [7, 11) is 1.36. The quantitative estimate of drug-likeness (QED) is 0.741. The zero-order valence-corrected chi connectivity index (χ0v) is 12.3. The summed E-state index contributed by atoms with van der Waals surface area (Å²) in [5, 5.41) is 20.6. The third-order valence-electron chi connectivity index (χ3n) is 2.91. The summed E-state index contributed by atoms with van der Waals surface area (Å²) in [5.41, 5.74) is 0.442. The van der Waals surface area contributed by atoms with Gasteiger partial charge in [0.1, 0.15) is 11.3 Å². The van der Waals surface area contributed by atoms with Crippen molar-refractivity contribution in [2.45, 2.75) is 19.9 Å². The molecule has 0 bridgehead atoms. The molecule has 0 fully saturated rings. The number of aliphatic hydroxyl groups is 1. The van der Waals surface area contributed by atoms with Crippen LogP contribution in [-0.2, 0) is 0 Å². The van der Waals surface area contributed by atoms with Crippen LogP contribution in [0.15, 0.2) is 18.2 Å². The second-order valence-corrected chi connectivity index (χ2v) is 4.66. The Morgan fingerprint density at radius 3 is 2.52 bits per heavy atom. The smallest absolute Gasteiger partial charge is 0.339 e. The number of nitrogens with one attached hydrogen (secondary N) is 1. The average molecular weight is 296 g/mol. The van der Waals surface area contributed by atoms with E-state index in [2.05, 4.69) is 5.32 Å². The molecule has 0 aromatic heterocycles. The molecule has 0 heterocycles. The molecule has 2 amide bonds. The van der Waals surface area contributed by atoms with Gasteiger partial charge in [-0.15, -0.1) is 0 Å². The average Bonchev–Trinajstić information content (AvgIpc) is 2.43. The van der Waals surface area contributed by atoms with Gasteiger partial charge in [-0.05, 0) is 26.0 Å². The van der Waals surface area contributed by atoms with E-state index in [4.69, 9.17) is 14.9 Å². The lowest BCUT2D eigenvalue weighted by Gasteiger charge is -2.26. The van der Waals surface area contributed by atoms with Crippen molar-refractivity contribution in [3.8, 4) is 5.75 Å². The molecule has 1 aromatic rings. The molecule has 0 radical (unpaired) electrons. The van der Waals surface area contributed by atoms with E-state index >= 15 is 0 Å². The van der Waals surface area contributed by atoms with Crippen molar-refractivity contribution >= 4 is 17.7 Å². The molecule has 21 heavy (non-hydrogen) atoms. The van der Waals surface area contributed by atoms with Gasteiger partial charge in [-0.3, -0.25) is 0 Å². The van der Waals surface area contributed by atoms with Gasteiger partial charge < -0.3 is 25.2 Å². The summed E-state index contributed by atoms with van der Waals surface area (Å²) in [6, 6.07) is 3.85. The number of carboxylic acid groups (broad SMARTS) is 1. The van der Waals surface area contributed by atoms with Crippen molar-refractivity contribution < 1.29 is 24.5 Å². The molecular formula is C14H20N2O5. The second-order valence-electron chi connectivity index (χ2n) is 4.66. The highest BCUT2D eigenvalue weighted by Gasteiger charge is 2.17. The van der Waals surface area contributed by atoms with Crippen LogP contribution in [0.1, 0.15) is 24.2 Å². The first-order valence-electron chi connectivity index (χ1n) is 6.50. The maximum atomic E-state index is 12.1. The van der Waals surface area contributed by atoms with Gasteiger partial charge >= 0.3 is 12.0 Å². The lowest BCUT2D eigenvalue weighted by molar-refractivity contribution is 0.0693. The molecule has 1 rings (SSSR count). The highest BCUT2D eigenvalue weighted by molar-refractivity contribution is 5.94. The van der Waals surface area contributed by atoms with E-state index in [0.29, 0.717) is 5.69 Å². The predicted molar refractivity (Wildman–Crippen MR) is 77.9 cm³/mol. The summed E-state index contributed by atoms with van der Waals surface area (Å²) < 4.78 is 5.00. The van der Waals surface area contributed by atoms with Crippen molar-refractivity contribution in [2.24, 2.45) is 0 Å². The highest BCUT2D eigenvalue weighted by Crippen LogP contribution is 2.23. The van der Waals surface area contributed by atoms with Gasteiger partial charge in [0.05, 0.1) is 13.7 Å². The van der Waals surface area contributed by atoms with Gasteiger partial charge in [-0.25, -0.2) is 9.59 Å². The summed E-state index contributed by atoms with van der Waals surface area (Å²) in [6.45, 7) is 3.76. The number of aliphatic hydroxyl groups excluding tert-OH is 1. The van der Waals surface area contributed by atoms with E-state index < -0.39 is 5.97 Å². The first-order valence-corrected chi connectivity index (χ1v) is 6.50. The number of rotatable bonds is 6. The van der Waals surface area contributed by atoms with Crippen LogP contribution in [0.3, 0.4) is 0 Å². The van der Waals surface area contributed by atoms with Gasteiger partial charge in [0.15, 0.2) is 0 Å². The largest absolute Gasteiger partial charge is 0.496 e. The van der Waals surface area contributed by atoms with E-state index in [0.717, 1.165) is 0 Å². The lowest BCUT2D eigenvalue weighted by Crippen LogP contribution is -2.41. The summed E-state index contributed by atoms with van der Waals surface area (Å²) in [6.07, 6.45) is 0. The van der Waals surface area contributed by atoms with Crippen LogP contribution < -0.4 is 10.1 Å². The summed E-state index contributed by atoms with van der Waals surface area (Å²) >= 11 is 0. The Labute approximate surface area is 123 Å². The molecule has 0 saturated carbocycles. The van der Waals surface area contributed by atoms with Crippen LogP contribution in [-0.4, -0.2) is 53.4 Å². The van der Waals surface area contributed by atoms with Crippen molar-refractivity contribution in [1.29, 1.82) is 0 Å². The molecule has 0 saturated heterocycles. The Kier molecular flexibility index (Phi) is 5.98. The first-order chi connectivity index (χ1) is 9.90. The monoisotopic (exact) mass is 296 g/mol. The van der Waals surface area contributed by atoms with E-state index in [1.165, 1.54) is 30.2 Å². The van der Waals surface area contributed by atoms with Gasteiger partial charge in [-0.1, -0.05) is 0 Å². The lowest BCUT2D eigenvalue weighted by atomic mass is 10.2. The van der Waals surface area contributed by atoms with Crippen LogP contribution >= 0.6 is 0 Å². The summed E-state index contributed by atoms with van der Waals surface area (Å²) in [5.74, 6) is -0.938. The van der Waals surface area contributed by atoms with Crippen LogP contribution in [0.25, 0.3) is 0 Å². The fourth-order valence-corrected chi connectivity index (χ4v) is 1.84. The number of benzene rings is 1. The SMILES string of the molecule is COc1cc(NC(=O)N(CCO)C(C)C)ccc1C(=O)O. The van der Waals surface area contributed by atoms with Crippen LogP contribution in [0.5, 0.6) is 5.75 Å². The Balaban J connectivity index is 2.92.